The topological polar surface area (TPSA) is 66.4 Å². The second-order valence-corrected chi connectivity index (χ2v) is 7.56. The van der Waals surface area contributed by atoms with Gasteiger partial charge in [-0.3, -0.25) is 9.59 Å². The van der Waals surface area contributed by atoms with Gasteiger partial charge in [-0.15, -0.1) is 0 Å². The Morgan fingerprint density at radius 2 is 1.08 bits per heavy atom. The number of carbonyl (C=O) groups excluding carboxylic acids is 1. The molecule has 0 aromatic rings. The zero-order valence-corrected chi connectivity index (χ0v) is 17.2. The van der Waals surface area contributed by atoms with Crippen LogP contribution in [0, 0.1) is 0 Å². The van der Waals surface area contributed by atoms with Gasteiger partial charge in [0.15, 0.2) is 0 Å². The maximum absolute atomic E-state index is 11.6. The first-order valence-corrected chi connectivity index (χ1v) is 11.1. The second-order valence-electron chi connectivity index (χ2n) is 7.56. The third-order valence-corrected chi connectivity index (χ3v) is 4.90. The zero-order valence-electron chi connectivity index (χ0n) is 17.2. The number of hydrogen-bond donors (Lipinski definition) is 2. The van der Waals surface area contributed by atoms with Crippen molar-refractivity contribution in [3.8, 4) is 0 Å². The highest BCUT2D eigenvalue weighted by atomic mass is 16.4. The van der Waals surface area contributed by atoms with Crippen molar-refractivity contribution in [2.45, 2.75) is 116 Å². The molecule has 0 radical (unpaired) electrons. The van der Waals surface area contributed by atoms with Crippen LogP contribution in [0.2, 0.25) is 0 Å². The van der Waals surface area contributed by atoms with Crippen LogP contribution in [-0.2, 0) is 9.59 Å². The fourth-order valence-corrected chi connectivity index (χ4v) is 3.21. The van der Waals surface area contributed by atoms with Gasteiger partial charge in [0.05, 0.1) is 13.0 Å². The molecule has 0 aliphatic rings. The molecule has 0 atom stereocenters. The molecule has 0 bridgehead atoms. The molecular weight excluding hydrogens is 326 g/mol. The van der Waals surface area contributed by atoms with Gasteiger partial charge in [0.25, 0.3) is 0 Å². The molecule has 0 rings (SSSR count). The molecule has 26 heavy (non-hydrogen) atoms. The van der Waals surface area contributed by atoms with Crippen molar-refractivity contribution >= 4 is 11.8 Å². The number of nitrogens with one attached hydrogen (secondary N) is 1. The van der Waals surface area contributed by atoms with Crippen LogP contribution in [0.25, 0.3) is 0 Å². The Balaban J connectivity index is 3.12. The van der Waals surface area contributed by atoms with Crippen LogP contribution in [0.3, 0.4) is 0 Å². The van der Waals surface area contributed by atoms with Crippen LogP contribution in [-0.4, -0.2) is 29.9 Å². The number of hydrogen-bond acceptors (Lipinski definition) is 3. The van der Waals surface area contributed by atoms with Crippen LogP contribution < -0.4 is 5.32 Å². The average Bonchev–Trinajstić information content (AvgIpc) is 2.62. The maximum atomic E-state index is 11.6. The predicted molar refractivity (Wildman–Crippen MR) is 110 cm³/mol. The van der Waals surface area contributed by atoms with Gasteiger partial charge in [-0.1, -0.05) is 96.8 Å². The fourth-order valence-electron chi connectivity index (χ4n) is 3.21. The van der Waals surface area contributed by atoms with Gasteiger partial charge in [-0.2, -0.15) is 0 Å². The van der Waals surface area contributed by atoms with Gasteiger partial charge in [-0.05, 0) is 6.42 Å². The normalized spacial score (nSPS) is 11.0. The Morgan fingerprint density at radius 3 is 1.50 bits per heavy atom. The van der Waals surface area contributed by atoms with Gasteiger partial charge in [0, 0.05) is 13.0 Å². The number of unbranched alkanes of at least 4 members (excludes halogenated alkanes) is 14. The summed E-state index contributed by atoms with van der Waals surface area (Å²) in [4.78, 5) is 22.0. The summed E-state index contributed by atoms with van der Waals surface area (Å²) in [7, 11) is 0. The van der Waals surface area contributed by atoms with Crippen molar-refractivity contribution in [2.75, 3.05) is 13.1 Å². The Bertz CT molecular complexity index is 331. The molecule has 0 aliphatic carbocycles. The number of carbonyl (C=O) groups is 2. The molecule has 0 aromatic carbocycles. The van der Waals surface area contributed by atoms with Gasteiger partial charge in [0.1, 0.15) is 5.78 Å². The molecule has 4 heteroatoms. The minimum Gasteiger partial charge on any atom is -0.481 e. The van der Waals surface area contributed by atoms with E-state index in [-0.39, 0.29) is 12.2 Å². The zero-order chi connectivity index (χ0) is 19.3. The molecule has 0 heterocycles. The lowest BCUT2D eigenvalue weighted by Crippen LogP contribution is -2.25. The van der Waals surface area contributed by atoms with Crippen LogP contribution in [0.4, 0.5) is 0 Å². The van der Waals surface area contributed by atoms with Gasteiger partial charge >= 0.3 is 5.97 Å². The van der Waals surface area contributed by atoms with Crippen molar-refractivity contribution in [1.29, 1.82) is 0 Å². The molecule has 0 spiro atoms. The smallest absolute Gasteiger partial charge is 0.304 e. The Labute approximate surface area is 161 Å². The lowest BCUT2D eigenvalue weighted by atomic mass is 10.0. The van der Waals surface area contributed by atoms with E-state index < -0.39 is 5.97 Å². The summed E-state index contributed by atoms with van der Waals surface area (Å²) in [5, 5.41) is 11.4. The van der Waals surface area contributed by atoms with Crippen molar-refractivity contribution < 1.29 is 14.7 Å². The number of carboxylic acids is 1. The largest absolute Gasteiger partial charge is 0.481 e. The Morgan fingerprint density at radius 1 is 0.654 bits per heavy atom. The van der Waals surface area contributed by atoms with Crippen molar-refractivity contribution in [3.63, 3.8) is 0 Å². The SMILES string of the molecule is CCCCCCCCCCCCCCCCCC(=O)CNCCC(=O)O. The van der Waals surface area contributed by atoms with Crippen molar-refractivity contribution in [3.05, 3.63) is 0 Å². The Hall–Kier alpha value is -0.900. The first-order valence-electron chi connectivity index (χ1n) is 11.1. The molecule has 0 unspecified atom stereocenters. The highest BCUT2D eigenvalue weighted by Crippen LogP contribution is 2.13. The number of rotatable bonds is 21. The van der Waals surface area contributed by atoms with E-state index in [0.29, 0.717) is 19.5 Å². The summed E-state index contributed by atoms with van der Waals surface area (Å²) in [5.74, 6) is -0.627. The van der Waals surface area contributed by atoms with E-state index in [0.717, 1.165) is 12.8 Å². The van der Waals surface area contributed by atoms with Crippen LogP contribution in [0.1, 0.15) is 116 Å². The summed E-state index contributed by atoms with van der Waals surface area (Å²) in [6.07, 6.45) is 20.7. The van der Waals surface area contributed by atoms with Gasteiger partial charge < -0.3 is 10.4 Å². The van der Waals surface area contributed by atoms with Crippen molar-refractivity contribution in [1.82, 2.24) is 5.32 Å². The van der Waals surface area contributed by atoms with E-state index in [1.54, 1.807) is 0 Å². The van der Waals surface area contributed by atoms with Crippen molar-refractivity contribution in [2.24, 2.45) is 0 Å². The summed E-state index contributed by atoms with van der Waals surface area (Å²) >= 11 is 0. The fraction of sp³-hybridized carbons (Fsp3) is 0.909. The standard InChI is InChI=1S/C22H43NO3/c1-2-3-4-5-6-7-8-9-10-11-12-13-14-15-16-17-21(24)20-23-19-18-22(25)26/h23H,2-20H2,1H3,(H,25,26). The number of Topliss-reactive ketones (excluding diaryl/α,β-unsaturated/α-hetero) is 1. The third kappa shape index (κ3) is 21.1. The third-order valence-electron chi connectivity index (χ3n) is 4.90. The lowest BCUT2D eigenvalue weighted by Gasteiger charge is -2.04. The molecule has 0 saturated carbocycles. The highest BCUT2D eigenvalue weighted by Gasteiger charge is 2.02. The first kappa shape index (κ1) is 25.1. The minimum atomic E-state index is -0.827. The average molecular weight is 370 g/mol. The highest BCUT2D eigenvalue weighted by molar-refractivity contribution is 5.80. The minimum absolute atomic E-state index is 0.0756. The van der Waals surface area contributed by atoms with Gasteiger partial charge in [-0.25, -0.2) is 0 Å². The Kier molecular flexibility index (Phi) is 19.7. The molecule has 154 valence electrons. The van der Waals surface area contributed by atoms with Gasteiger partial charge in [0.2, 0.25) is 0 Å². The molecule has 4 nitrogen and oxygen atoms in total. The molecule has 0 amide bonds. The van der Waals surface area contributed by atoms with E-state index in [1.165, 1.54) is 83.5 Å². The van der Waals surface area contributed by atoms with E-state index in [1.807, 2.05) is 0 Å². The number of aliphatic carboxylic acids is 1. The van der Waals surface area contributed by atoms with E-state index in [4.69, 9.17) is 5.11 Å². The predicted octanol–water partition coefficient (Wildman–Crippen LogP) is 5.88. The summed E-state index contributed by atoms with van der Waals surface area (Å²) in [6, 6.07) is 0. The molecule has 0 aliphatic heterocycles. The number of carboxylic acid groups (broad SMARTS) is 1. The van der Waals surface area contributed by atoms with Crippen LogP contribution in [0.5, 0.6) is 0 Å². The maximum Gasteiger partial charge on any atom is 0.304 e. The lowest BCUT2D eigenvalue weighted by molar-refractivity contribution is -0.137. The monoisotopic (exact) mass is 369 g/mol. The summed E-state index contributed by atoms with van der Waals surface area (Å²) in [5.41, 5.74) is 0. The molecule has 2 N–H and O–H groups in total. The quantitative estimate of drug-likeness (QED) is 0.248. The molecule has 0 saturated heterocycles. The number of ketones is 1. The van der Waals surface area contributed by atoms with E-state index in [2.05, 4.69) is 12.2 Å². The second kappa shape index (κ2) is 20.4. The molecular formula is C22H43NO3. The van der Waals surface area contributed by atoms with Crippen LogP contribution >= 0.6 is 0 Å². The van der Waals surface area contributed by atoms with E-state index >= 15 is 0 Å². The summed E-state index contributed by atoms with van der Waals surface area (Å²) in [6.45, 7) is 2.95. The molecule has 0 aromatic heterocycles. The first-order chi connectivity index (χ1) is 12.7. The van der Waals surface area contributed by atoms with Crippen LogP contribution in [0.15, 0.2) is 0 Å². The van der Waals surface area contributed by atoms with E-state index in [9.17, 15) is 9.59 Å². The molecule has 0 fully saturated rings. The summed E-state index contributed by atoms with van der Waals surface area (Å²) < 4.78 is 0.